The number of hydrogen-bond donors (Lipinski definition) is 3. The number of nitrogens with one attached hydrogen (secondary N) is 2. The Morgan fingerprint density at radius 2 is 1.91 bits per heavy atom. The maximum atomic E-state index is 13.8. The van der Waals surface area contributed by atoms with Gasteiger partial charge in [0.1, 0.15) is 5.82 Å². The van der Waals surface area contributed by atoms with E-state index in [1.807, 2.05) is 18.7 Å². The summed E-state index contributed by atoms with van der Waals surface area (Å²) in [6, 6.07) is 2.71. The van der Waals surface area contributed by atoms with Gasteiger partial charge < -0.3 is 25.0 Å². The van der Waals surface area contributed by atoms with Crippen molar-refractivity contribution >= 4 is 50.8 Å². The lowest BCUT2D eigenvalue weighted by atomic mass is 9.73. The molecule has 8 nitrogen and oxygen atoms in total. The highest BCUT2D eigenvalue weighted by atomic mass is 79.9. The van der Waals surface area contributed by atoms with Crippen LogP contribution < -0.4 is 10.6 Å². The van der Waals surface area contributed by atoms with Gasteiger partial charge in [0, 0.05) is 37.3 Å². The van der Waals surface area contributed by atoms with Gasteiger partial charge in [0.15, 0.2) is 0 Å². The van der Waals surface area contributed by atoms with Crippen LogP contribution in [0.2, 0.25) is 0 Å². The number of rotatable bonds is 9. The number of carbonyl (C=O) groups is 2. The Balaban J connectivity index is 1.94. The molecule has 1 atom stereocenters. The summed E-state index contributed by atoms with van der Waals surface area (Å²) in [5.74, 6) is -1.67. The molecule has 0 aliphatic carbocycles. The van der Waals surface area contributed by atoms with Crippen LogP contribution in [0.25, 0.3) is 0 Å². The fourth-order valence-electron chi connectivity index (χ4n) is 3.33. The fraction of sp³-hybridized carbons (Fsp3) is 0.600. The van der Waals surface area contributed by atoms with Crippen molar-refractivity contribution in [3.8, 4) is 0 Å². The van der Waals surface area contributed by atoms with Gasteiger partial charge in [-0.15, -0.1) is 0 Å². The molecule has 178 valence electrons. The zero-order valence-electron chi connectivity index (χ0n) is 18.2. The molecule has 1 fully saturated rings. The predicted molar refractivity (Wildman–Crippen MR) is 127 cm³/mol. The number of β-amino-alcohol motifs (C(OH)–C–C–N with tert-alkyl or cyclic N) is 1. The van der Waals surface area contributed by atoms with Crippen LogP contribution in [0.15, 0.2) is 21.1 Å². The lowest BCUT2D eigenvalue weighted by molar-refractivity contribution is -0.120. The van der Waals surface area contributed by atoms with E-state index in [2.05, 4.69) is 42.5 Å². The second-order valence-electron chi connectivity index (χ2n) is 7.91. The first-order valence-electron chi connectivity index (χ1n) is 10.5. The second kappa shape index (κ2) is 13.6. The third-order valence-corrected chi connectivity index (χ3v) is 6.11. The first-order valence-corrected chi connectivity index (χ1v) is 12.1. The Bertz CT molecular complexity index is 780. The predicted octanol–water partition coefficient (Wildman–Crippen LogP) is 1.98. The number of carbonyl (C=O) groups excluding carboxylic acids is 2. The van der Waals surface area contributed by atoms with Gasteiger partial charge in [-0.2, -0.15) is 0 Å². The van der Waals surface area contributed by atoms with E-state index in [0.29, 0.717) is 43.7 Å². The summed E-state index contributed by atoms with van der Waals surface area (Å²) < 4.78 is 26.0. The highest BCUT2D eigenvalue weighted by molar-refractivity contribution is 9.11. The van der Waals surface area contributed by atoms with Crippen molar-refractivity contribution in [3.63, 3.8) is 0 Å². The van der Waals surface area contributed by atoms with E-state index in [1.54, 1.807) is 0 Å². The number of hydrogen-bond acceptors (Lipinski definition) is 6. The SMILES string of the molecule is CC(C)C[C@H](NC(=O)CNC(=O)c1cc(Br)cc(F)c1Br)B1OCCN(CCO)CCO1. The van der Waals surface area contributed by atoms with Gasteiger partial charge in [0.05, 0.1) is 29.1 Å². The van der Waals surface area contributed by atoms with E-state index in [0.717, 1.165) is 0 Å². The number of amides is 2. The van der Waals surface area contributed by atoms with Gasteiger partial charge in [-0.25, -0.2) is 4.39 Å². The van der Waals surface area contributed by atoms with Crippen molar-refractivity contribution in [1.82, 2.24) is 15.5 Å². The molecule has 0 radical (unpaired) electrons. The van der Waals surface area contributed by atoms with Crippen LogP contribution in [-0.2, 0) is 14.1 Å². The zero-order valence-corrected chi connectivity index (χ0v) is 21.4. The molecule has 1 aromatic rings. The minimum Gasteiger partial charge on any atom is -0.408 e. The first kappa shape index (κ1) is 27.2. The zero-order chi connectivity index (χ0) is 23.7. The molecule has 0 spiro atoms. The van der Waals surface area contributed by atoms with Crippen molar-refractivity contribution in [2.75, 3.05) is 46.0 Å². The summed E-state index contributed by atoms with van der Waals surface area (Å²) in [5.41, 5.74) is 0.0857. The fourth-order valence-corrected chi connectivity index (χ4v) is 4.17. The second-order valence-corrected chi connectivity index (χ2v) is 9.62. The van der Waals surface area contributed by atoms with Crippen molar-refractivity contribution in [2.24, 2.45) is 5.92 Å². The summed E-state index contributed by atoms with van der Waals surface area (Å²) in [5, 5.41) is 14.5. The van der Waals surface area contributed by atoms with Crippen LogP contribution in [0.1, 0.15) is 30.6 Å². The highest BCUT2D eigenvalue weighted by Crippen LogP contribution is 2.25. The standard InChI is InChI=1S/C20H29BBr2FN3O5/c1-13(2)9-17(21-31-7-4-27(3-6-28)5-8-32-21)26-18(29)12-25-20(30)15-10-14(22)11-16(24)19(15)23/h10-11,13,17,28H,3-9,12H2,1-2H3,(H,25,30)(H,26,29)/t17-/m0/s1. The maximum Gasteiger partial charge on any atom is 0.480 e. The van der Waals surface area contributed by atoms with E-state index in [1.165, 1.54) is 12.1 Å². The molecule has 0 unspecified atom stereocenters. The average molecular weight is 581 g/mol. The Labute approximate surface area is 205 Å². The largest absolute Gasteiger partial charge is 0.480 e. The molecule has 1 saturated heterocycles. The number of benzene rings is 1. The Kier molecular flexibility index (Phi) is 11.6. The van der Waals surface area contributed by atoms with Gasteiger partial charge in [-0.3, -0.25) is 14.5 Å². The summed E-state index contributed by atoms with van der Waals surface area (Å²) >= 11 is 6.22. The molecule has 1 heterocycles. The molecule has 1 aromatic carbocycles. The lowest BCUT2D eigenvalue weighted by Gasteiger charge is -2.31. The van der Waals surface area contributed by atoms with E-state index < -0.39 is 24.7 Å². The van der Waals surface area contributed by atoms with E-state index in [4.69, 9.17) is 14.4 Å². The van der Waals surface area contributed by atoms with Crippen molar-refractivity contribution in [2.45, 2.75) is 26.2 Å². The topological polar surface area (TPSA) is 100 Å². The highest BCUT2D eigenvalue weighted by Gasteiger charge is 2.33. The quantitative estimate of drug-likeness (QED) is 0.305. The minimum atomic E-state index is -0.610. The van der Waals surface area contributed by atoms with Crippen molar-refractivity contribution in [1.29, 1.82) is 0 Å². The molecule has 32 heavy (non-hydrogen) atoms. The Morgan fingerprint density at radius 3 is 2.50 bits per heavy atom. The molecule has 1 aliphatic heterocycles. The Hall–Kier alpha value is -1.05. The molecule has 0 aromatic heterocycles. The molecule has 0 bridgehead atoms. The molecular formula is C20H29BBr2FN3O5. The van der Waals surface area contributed by atoms with Crippen LogP contribution in [0.4, 0.5) is 4.39 Å². The molecule has 1 aliphatic rings. The Morgan fingerprint density at radius 1 is 1.25 bits per heavy atom. The number of nitrogens with zero attached hydrogens (tertiary/aromatic N) is 1. The molecule has 2 rings (SSSR count). The molecular weight excluding hydrogens is 552 g/mol. The van der Waals surface area contributed by atoms with Crippen molar-refractivity contribution in [3.05, 3.63) is 32.5 Å². The average Bonchev–Trinajstić information content (AvgIpc) is 2.70. The summed E-state index contributed by atoms with van der Waals surface area (Å²) in [7, 11) is -0.610. The van der Waals surface area contributed by atoms with Crippen LogP contribution in [0.3, 0.4) is 0 Å². The summed E-state index contributed by atoms with van der Waals surface area (Å²) in [6.45, 7) is 6.57. The van der Waals surface area contributed by atoms with Crippen molar-refractivity contribution < 1.29 is 28.4 Å². The maximum absolute atomic E-state index is 13.8. The number of aliphatic hydroxyl groups excluding tert-OH is 1. The van der Waals surface area contributed by atoms with Crippen LogP contribution in [-0.4, -0.2) is 80.9 Å². The monoisotopic (exact) mass is 579 g/mol. The summed E-state index contributed by atoms with van der Waals surface area (Å²) in [6.07, 6.45) is 0.632. The third-order valence-electron chi connectivity index (χ3n) is 4.84. The number of aliphatic hydroxyl groups is 1. The molecule has 3 N–H and O–H groups in total. The first-order chi connectivity index (χ1) is 15.2. The molecule has 0 saturated carbocycles. The van der Waals surface area contributed by atoms with Gasteiger partial charge in [-0.05, 0) is 40.4 Å². The van der Waals surface area contributed by atoms with Gasteiger partial charge in [-0.1, -0.05) is 29.8 Å². The molecule has 2 amide bonds. The van der Waals surface area contributed by atoms with E-state index in [9.17, 15) is 14.0 Å². The van der Waals surface area contributed by atoms with E-state index >= 15 is 0 Å². The number of halogens is 3. The minimum absolute atomic E-state index is 0.0304. The van der Waals surface area contributed by atoms with E-state index in [-0.39, 0.29) is 35.0 Å². The normalized spacial score (nSPS) is 16.4. The third kappa shape index (κ3) is 8.71. The van der Waals surface area contributed by atoms with Gasteiger partial charge >= 0.3 is 7.12 Å². The molecule has 12 heteroatoms. The smallest absolute Gasteiger partial charge is 0.408 e. The van der Waals surface area contributed by atoms with Crippen LogP contribution >= 0.6 is 31.9 Å². The van der Waals surface area contributed by atoms with Crippen LogP contribution in [0, 0.1) is 11.7 Å². The van der Waals surface area contributed by atoms with Crippen LogP contribution in [0.5, 0.6) is 0 Å². The van der Waals surface area contributed by atoms with Gasteiger partial charge in [0.2, 0.25) is 5.91 Å². The summed E-state index contributed by atoms with van der Waals surface area (Å²) in [4.78, 5) is 27.0. The lowest BCUT2D eigenvalue weighted by Crippen LogP contribution is -2.54. The van der Waals surface area contributed by atoms with Gasteiger partial charge in [0.25, 0.3) is 5.91 Å².